The lowest BCUT2D eigenvalue weighted by molar-refractivity contribution is -0.129. The summed E-state index contributed by atoms with van der Waals surface area (Å²) in [5.74, 6) is 0.0850. The highest BCUT2D eigenvalue weighted by atomic mass is 32.2. The first-order chi connectivity index (χ1) is 9.39. The first-order valence-corrected chi connectivity index (χ1v) is 7.80. The molecule has 0 fully saturated rings. The third kappa shape index (κ3) is 2.47. The summed E-state index contributed by atoms with van der Waals surface area (Å²) in [5.41, 5.74) is 0.314. The van der Waals surface area contributed by atoms with E-state index in [-0.39, 0.29) is 12.1 Å². The lowest BCUT2D eigenvalue weighted by Crippen LogP contribution is -2.57. The van der Waals surface area contributed by atoms with Crippen LogP contribution in [0.1, 0.15) is 13.8 Å². The Morgan fingerprint density at radius 3 is 2.35 bits per heavy atom. The van der Waals surface area contributed by atoms with Crippen molar-refractivity contribution >= 4 is 28.5 Å². The molecule has 1 aliphatic rings. The molecule has 2 rings (SSSR count). The molecule has 1 aromatic carbocycles. The monoisotopic (exact) mass is 291 g/mol. The average molecular weight is 291 g/mol. The number of carbonyl (C=O) groups excluding carboxylic acids is 1. The number of thioether (sulfide) groups is 1. The number of amidine groups is 1. The van der Waals surface area contributed by atoms with Crippen LogP contribution < -0.4 is 4.90 Å². The van der Waals surface area contributed by atoms with Crippen molar-refractivity contribution in [2.45, 2.75) is 20.0 Å². The van der Waals surface area contributed by atoms with Crippen molar-refractivity contribution in [3.05, 3.63) is 30.3 Å². The molecule has 1 unspecified atom stereocenters. The number of carbonyl (C=O) groups is 1. The number of rotatable bonds is 2. The second-order valence-corrected chi connectivity index (χ2v) is 6.42. The van der Waals surface area contributed by atoms with Gasteiger partial charge in [-0.05, 0) is 46.3 Å². The zero-order valence-electron chi connectivity index (χ0n) is 12.6. The molecule has 0 aromatic heterocycles. The molecule has 0 saturated heterocycles. The number of aliphatic imine (C=N–C) groups is 1. The van der Waals surface area contributed by atoms with Crippen LogP contribution in [0.25, 0.3) is 0 Å². The van der Waals surface area contributed by atoms with Crippen LogP contribution in [0.3, 0.4) is 0 Å². The first kappa shape index (κ1) is 15.1. The molecule has 0 saturated carbocycles. The van der Waals surface area contributed by atoms with E-state index in [2.05, 4.69) is 0 Å². The molecule has 0 spiro atoms. The molecule has 1 aromatic rings. The van der Waals surface area contributed by atoms with E-state index in [1.54, 1.807) is 4.90 Å². The molecule has 0 radical (unpaired) electrons. The van der Waals surface area contributed by atoms with Gasteiger partial charge in [0.25, 0.3) is 0 Å². The highest BCUT2D eigenvalue weighted by molar-refractivity contribution is 8.13. The Kier molecular flexibility index (Phi) is 4.20. The predicted octanol–water partition coefficient (Wildman–Crippen LogP) is 2.67. The van der Waals surface area contributed by atoms with Gasteiger partial charge in [-0.25, -0.2) is 4.99 Å². The lowest BCUT2D eigenvalue weighted by atomic mass is 9.86. The second kappa shape index (κ2) is 5.58. The van der Waals surface area contributed by atoms with E-state index in [0.717, 1.165) is 10.9 Å². The number of amides is 1. The fraction of sp³-hybridized carbons (Fsp3) is 0.467. The molecule has 1 amide bonds. The Hall–Kier alpha value is -1.33. The molecule has 0 N–H and O–H groups in total. The number of hydrogen-bond acceptors (Lipinski definition) is 4. The second-order valence-electron chi connectivity index (χ2n) is 5.65. The van der Waals surface area contributed by atoms with E-state index >= 15 is 0 Å². The van der Waals surface area contributed by atoms with Gasteiger partial charge in [-0.1, -0.05) is 30.0 Å². The van der Waals surface area contributed by atoms with Crippen molar-refractivity contribution in [1.29, 1.82) is 0 Å². The van der Waals surface area contributed by atoms with Gasteiger partial charge in [0.1, 0.15) is 6.17 Å². The zero-order valence-corrected chi connectivity index (χ0v) is 13.4. The van der Waals surface area contributed by atoms with E-state index in [1.807, 2.05) is 69.4 Å². The van der Waals surface area contributed by atoms with Crippen LogP contribution in [0.15, 0.2) is 35.3 Å². The van der Waals surface area contributed by atoms with Gasteiger partial charge < -0.3 is 0 Å². The topological polar surface area (TPSA) is 35.9 Å². The smallest absolute Gasteiger partial charge is 0.242 e. The van der Waals surface area contributed by atoms with Crippen LogP contribution in [0.5, 0.6) is 0 Å². The largest absolute Gasteiger partial charge is 0.287 e. The number of anilines is 1. The average Bonchev–Trinajstić information content (AvgIpc) is 2.42. The third-order valence-corrected chi connectivity index (χ3v) is 4.16. The number of benzene rings is 1. The zero-order chi connectivity index (χ0) is 14.9. The van der Waals surface area contributed by atoms with Gasteiger partial charge in [0.05, 0.1) is 11.1 Å². The molecular formula is C15H21N3OS. The maximum Gasteiger partial charge on any atom is 0.242 e. The Balaban J connectivity index is 2.53. The van der Waals surface area contributed by atoms with Gasteiger partial charge >= 0.3 is 0 Å². The summed E-state index contributed by atoms with van der Waals surface area (Å²) >= 11 is 1.50. The van der Waals surface area contributed by atoms with Crippen LogP contribution >= 0.6 is 11.8 Å². The molecule has 0 aliphatic carbocycles. The van der Waals surface area contributed by atoms with E-state index in [4.69, 9.17) is 4.99 Å². The van der Waals surface area contributed by atoms with Crippen LogP contribution in [0.2, 0.25) is 0 Å². The van der Waals surface area contributed by atoms with Crippen molar-refractivity contribution in [2.24, 2.45) is 10.4 Å². The van der Waals surface area contributed by atoms with E-state index in [1.165, 1.54) is 11.8 Å². The Bertz CT molecular complexity index is 525. The van der Waals surface area contributed by atoms with E-state index in [0.29, 0.717) is 0 Å². The minimum atomic E-state index is -0.557. The summed E-state index contributed by atoms with van der Waals surface area (Å²) in [7, 11) is 3.92. The molecule has 20 heavy (non-hydrogen) atoms. The van der Waals surface area contributed by atoms with Crippen molar-refractivity contribution in [3.8, 4) is 0 Å². The summed E-state index contributed by atoms with van der Waals surface area (Å²) in [6.45, 7) is 3.91. The molecule has 0 bridgehead atoms. The molecule has 1 aliphatic heterocycles. The fourth-order valence-corrected chi connectivity index (χ4v) is 3.10. The molecule has 108 valence electrons. The van der Waals surface area contributed by atoms with Crippen molar-refractivity contribution in [1.82, 2.24) is 4.90 Å². The molecule has 4 nitrogen and oxygen atoms in total. The summed E-state index contributed by atoms with van der Waals surface area (Å²) < 4.78 is 0. The normalized spacial score (nSPS) is 22.1. The number of hydrogen-bond donors (Lipinski definition) is 0. The maximum atomic E-state index is 12.9. The van der Waals surface area contributed by atoms with Crippen molar-refractivity contribution in [2.75, 3.05) is 25.3 Å². The first-order valence-electron chi connectivity index (χ1n) is 6.57. The Morgan fingerprint density at radius 1 is 1.25 bits per heavy atom. The van der Waals surface area contributed by atoms with Crippen LogP contribution in [0, 0.1) is 5.41 Å². The Labute approximate surface area is 124 Å². The molecule has 1 atom stereocenters. The predicted molar refractivity (Wildman–Crippen MR) is 86.1 cm³/mol. The highest BCUT2D eigenvalue weighted by Gasteiger charge is 2.46. The molecule has 1 heterocycles. The molecule has 5 heteroatoms. The summed E-state index contributed by atoms with van der Waals surface area (Å²) in [4.78, 5) is 21.4. The fourth-order valence-electron chi connectivity index (χ4n) is 2.52. The van der Waals surface area contributed by atoms with Crippen molar-refractivity contribution in [3.63, 3.8) is 0 Å². The SMILES string of the molecule is CSC1=NC(N(C)C)C(C)(C)C(=O)N1c1ccccc1. The maximum absolute atomic E-state index is 12.9. The van der Waals surface area contributed by atoms with Gasteiger partial charge in [-0.3, -0.25) is 14.6 Å². The third-order valence-electron chi connectivity index (χ3n) is 3.51. The van der Waals surface area contributed by atoms with Crippen molar-refractivity contribution < 1.29 is 4.79 Å². The van der Waals surface area contributed by atoms with Crippen LogP contribution in [0.4, 0.5) is 5.69 Å². The molecular weight excluding hydrogens is 270 g/mol. The van der Waals surface area contributed by atoms with Gasteiger partial charge in [0.15, 0.2) is 5.17 Å². The summed E-state index contributed by atoms with van der Waals surface area (Å²) in [6, 6.07) is 9.70. The van der Waals surface area contributed by atoms with Crippen LogP contribution in [-0.4, -0.2) is 42.5 Å². The quantitative estimate of drug-likeness (QED) is 0.840. The minimum absolute atomic E-state index is 0.0850. The van der Waals surface area contributed by atoms with Crippen LogP contribution in [-0.2, 0) is 4.79 Å². The number of para-hydroxylation sites is 1. The Morgan fingerprint density at radius 2 is 1.85 bits per heavy atom. The highest BCUT2D eigenvalue weighted by Crippen LogP contribution is 2.36. The van der Waals surface area contributed by atoms with Gasteiger partial charge in [-0.2, -0.15) is 0 Å². The van der Waals surface area contributed by atoms with E-state index in [9.17, 15) is 4.79 Å². The minimum Gasteiger partial charge on any atom is -0.287 e. The van der Waals surface area contributed by atoms with Gasteiger partial charge in [0, 0.05) is 0 Å². The van der Waals surface area contributed by atoms with Gasteiger partial charge in [-0.15, -0.1) is 0 Å². The lowest BCUT2D eigenvalue weighted by Gasteiger charge is -2.43. The number of nitrogens with zero attached hydrogens (tertiary/aromatic N) is 3. The summed E-state index contributed by atoms with van der Waals surface area (Å²) in [5, 5.41) is 0.749. The van der Waals surface area contributed by atoms with E-state index < -0.39 is 5.41 Å². The summed E-state index contributed by atoms with van der Waals surface area (Å²) in [6.07, 6.45) is 1.81. The standard InChI is InChI=1S/C15H21N3OS/c1-15(2)12(17(3)4)16-14(20-5)18(13(15)19)11-9-7-6-8-10-11/h6-10,12H,1-5H3. The van der Waals surface area contributed by atoms with Gasteiger partial charge in [0.2, 0.25) is 5.91 Å².